The van der Waals surface area contributed by atoms with E-state index in [0.29, 0.717) is 11.4 Å². The first-order valence-electron chi connectivity index (χ1n) is 3.87. The Morgan fingerprint density at radius 2 is 2.00 bits per heavy atom. The van der Waals surface area contributed by atoms with Crippen molar-refractivity contribution in [3.05, 3.63) is 35.7 Å². The lowest BCUT2D eigenvalue weighted by atomic mass is 10.3. The number of benzene rings is 1. The molecule has 0 saturated heterocycles. The predicted octanol–water partition coefficient (Wildman–Crippen LogP) is 3.02. The molecule has 0 fully saturated rings. The van der Waals surface area contributed by atoms with Crippen LogP contribution in [-0.2, 0) is 0 Å². The maximum Gasteiger partial charge on any atom is 0.228 e. The zero-order valence-corrected chi connectivity index (χ0v) is 7.24. The Hall–Kier alpha value is -1.49. The lowest BCUT2D eigenvalue weighted by molar-refractivity contribution is 0.244. The molecule has 0 bridgehead atoms. The topological polar surface area (TPSA) is 13.6 Å². The smallest absolute Gasteiger partial charge is 0.228 e. The van der Waals surface area contributed by atoms with Gasteiger partial charge >= 0.3 is 0 Å². The zero-order chi connectivity index (χ0) is 8.97. The number of para-hydroxylation sites is 2. The van der Waals surface area contributed by atoms with Gasteiger partial charge in [-0.3, -0.25) is 0 Å². The van der Waals surface area contributed by atoms with Crippen LogP contribution in [0.1, 0.15) is 13.8 Å². The van der Waals surface area contributed by atoms with Gasteiger partial charge in [0.1, 0.15) is 5.75 Å². The largest absolute Gasteiger partial charge is 0.502 e. The first-order chi connectivity index (χ1) is 5.74. The van der Waals surface area contributed by atoms with E-state index in [1.807, 2.05) is 32.0 Å². The van der Waals surface area contributed by atoms with Gasteiger partial charge in [-0.25, -0.2) is 4.85 Å². The van der Waals surface area contributed by atoms with E-state index < -0.39 is 0 Å². The molecule has 0 aliphatic carbocycles. The number of rotatable bonds is 2. The summed E-state index contributed by atoms with van der Waals surface area (Å²) in [5, 5.41) is 0. The number of nitrogens with zero attached hydrogens (tertiary/aromatic N) is 1. The van der Waals surface area contributed by atoms with Gasteiger partial charge in [0.15, 0.2) is 0 Å². The molecule has 0 aromatic heterocycles. The van der Waals surface area contributed by atoms with Gasteiger partial charge in [-0.15, -0.1) is 0 Å². The van der Waals surface area contributed by atoms with Gasteiger partial charge in [-0.1, -0.05) is 18.2 Å². The Balaban J connectivity index is 2.91. The van der Waals surface area contributed by atoms with Gasteiger partial charge in [0.05, 0.1) is 12.7 Å². The van der Waals surface area contributed by atoms with Crippen molar-refractivity contribution in [1.29, 1.82) is 0 Å². The van der Waals surface area contributed by atoms with E-state index in [4.69, 9.17) is 11.3 Å². The van der Waals surface area contributed by atoms with Crippen molar-refractivity contribution in [3.8, 4) is 5.75 Å². The molecule has 0 unspecified atom stereocenters. The minimum absolute atomic E-state index is 0.118. The molecule has 1 aromatic carbocycles. The van der Waals surface area contributed by atoms with Gasteiger partial charge in [0, 0.05) is 0 Å². The van der Waals surface area contributed by atoms with Crippen LogP contribution in [0.25, 0.3) is 4.85 Å². The third-order valence-electron chi connectivity index (χ3n) is 1.35. The highest BCUT2D eigenvalue weighted by molar-refractivity contribution is 5.56. The molecule has 0 radical (unpaired) electrons. The van der Waals surface area contributed by atoms with E-state index in [-0.39, 0.29) is 6.10 Å². The lowest BCUT2D eigenvalue weighted by Crippen LogP contribution is -2.05. The predicted molar refractivity (Wildman–Crippen MR) is 48.5 cm³/mol. The summed E-state index contributed by atoms with van der Waals surface area (Å²) in [5.41, 5.74) is 0.575. The first kappa shape index (κ1) is 8.61. The minimum atomic E-state index is 0.118. The van der Waals surface area contributed by atoms with Crippen molar-refractivity contribution in [2.24, 2.45) is 0 Å². The van der Waals surface area contributed by atoms with Gasteiger partial charge in [0.25, 0.3) is 0 Å². The minimum Gasteiger partial charge on any atom is -0.502 e. The summed E-state index contributed by atoms with van der Waals surface area (Å²) in [6.07, 6.45) is 0.118. The maximum atomic E-state index is 6.87. The van der Waals surface area contributed by atoms with E-state index in [1.165, 1.54) is 0 Å². The van der Waals surface area contributed by atoms with Gasteiger partial charge in [-0.05, 0) is 19.9 Å². The molecule has 0 atom stereocenters. The summed E-state index contributed by atoms with van der Waals surface area (Å²) in [6, 6.07) is 7.27. The van der Waals surface area contributed by atoms with E-state index in [0.717, 1.165) is 0 Å². The number of hydrogen-bond donors (Lipinski definition) is 0. The Kier molecular flexibility index (Phi) is 2.71. The summed E-state index contributed by atoms with van der Waals surface area (Å²) in [6.45, 7) is 10.8. The summed E-state index contributed by atoms with van der Waals surface area (Å²) in [4.78, 5) is 3.35. The molecule has 0 spiro atoms. The first-order valence-corrected chi connectivity index (χ1v) is 3.87. The highest BCUT2D eigenvalue weighted by atomic mass is 16.5. The van der Waals surface area contributed by atoms with Crippen LogP contribution in [0.4, 0.5) is 5.69 Å². The van der Waals surface area contributed by atoms with Crippen LogP contribution in [0.2, 0.25) is 0 Å². The van der Waals surface area contributed by atoms with Gasteiger partial charge in [-0.2, -0.15) is 0 Å². The van der Waals surface area contributed by atoms with E-state index >= 15 is 0 Å². The molecule has 2 heteroatoms. The summed E-state index contributed by atoms with van der Waals surface area (Å²) < 4.78 is 5.42. The van der Waals surface area contributed by atoms with Crippen LogP contribution in [0.3, 0.4) is 0 Å². The Morgan fingerprint density at radius 3 is 2.58 bits per heavy atom. The maximum absolute atomic E-state index is 6.87. The second-order valence-corrected chi connectivity index (χ2v) is 2.75. The number of hydrogen-bond acceptors (Lipinski definition) is 1. The summed E-state index contributed by atoms with van der Waals surface area (Å²) in [7, 11) is 0. The van der Waals surface area contributed by atoms with Gasteiger partial charge in [0.2, 0.25) is 5.69 Å². The third-order valence-corrected chi connectivity index (χ3v) is 1.35. The molecule has 12 heavy (non-hydrogen) atoms. The van der Waals surface area contributed by atoms with Crippen molar-refractivity contribution < 1.29 is 4.74 Å². The molecule has 0 heterocycles. The quantitative estimate of drug-likeness (QED) is 0.606. The molecule has 62 valence electrons. The average Bonchev–Trinajstić information content (AvgIpc) is 2.04. The van der Waals surface area contributed by atoms with E-state index in [1.54, 1.807) is 6.07 Å². The van der Waals surface area contributed by atoms with Crippen LogP contribution < -0.4 is 4.74 Å². The molecule has 1 aromatic rings. The van der Waals surface area contributed by atoms with Crippen molar-refractivity contribution in [3.63, 3.8) is 0 Å². The molecule has 0 amide bonds. The van der Waals surface area contributed by atoms with E-state index in [9.17, 15) is 0 Å². The second-order valence-electron chi connectivity index (χ2n) is 2.75. The Labute approximate surface area is 72.6 Å². The highest BCUT2D eigenvalue weighted by Gasteiger charge is 2.02. The van der Waals surface area contributed by atoms with Crippen molar-refractivity contribution in [2.75, 3.05) is 0 Å². The fraction of sp³-hybridized carbons (Fsp3) is 0.300. The summed E-state index contributed by atoms with van der Waals surface area (Å²) >= 11 is 0. The molecule has 2 nitrogen and oxygen atoms in total. The lowest BCUT2D eigenvalue weighted by Gasteiger charge is -2.10. The molecular weight excluding hydrogens is 149 g/mol. The normalized spacial score (nSPS) is 9.50. The Morgan fingerprint density at radius 1 is 1.33 bits per heavy atom. The molecule has 0 saturated carbocycles. The van der Waals surface area contributed by atoms with Gasteiger partial charge < -0.3 is 4.74 Å². The van der Waals surface area contributed by atoms with E-state index in [2.05, 4.69) is 4.85 Å². The van der Waals surface area contributed by atoms with Crippen LogP contribution in [0.15, 0.2) is 24.3 Å². The van der Waals surface area contributed by atoms with Crippen molar-refractivity contribution in [1.82, 2.24) is 0 Å². The summed E-state index contributed by atoms with van der Waals surface area (Å²) in [5.74, 6) is 0.669. The fourth-order valence-corrected chi connectivity index (χ4v) is 0.903. The van der Waals surface area contributed by atoms with Crippen LogP contribution in [-0.4, -0.2) is 6.10 Å². The van der Waals surface area contributed by atoms with Crippen LogP contribution in [0.5, 0.6) is 5.75 Å². The Bertz CT molecular complexity index is 299. The van der Waals surface area contributed by atoms with Crippen molar-refractivity contribution in [2.45, 2.75) is 20.0 Å². The standard InChI is InChI=1S/C10H11NO/c1-8(2)12-10-7-5-4-6-9(10)11-3/h4-8H,1-2H3/i3-1. The average molecular weight is 160 g/mol. The molecule has 0 aliphatic rings. The molecule has 0 N–H and O–H groups in total. The van der Waals surface area contributed by atoms with Crippen LogP contribution >= 0.6 is 0 Å². The molecule has 1 rings (SSSR count). The highest BCUT2D eigenvalue weighted by Crippen LogP contribution is 2.27. The fourth-order valence-electron chi connectivity index (χ4n) is 0.903. The molecule has 0 aliphatic heterocycles. The zero-order valence-electron chi connectivity index (χ0n) is 7.24. The second kappa shape index (κ2) is 3.77. The third kappa shape index (κ3) is 2.00. The SMILES string of the molecule is CC(C)Oc1ccccc1[N+]#[11C-]. The van der Waals surface area contributed by atoms with Crippen molar-refractivity contribution >= 4 is 5.69 Å². The molecular formula is C10H11NO. The van der Waals surface area contributed by atoms with Crippen LogP contribution in [0, 0.1) is 6.57 Å². The number of ether oxygens (including phenoxy) is 1. The monoisotopic (exact) mass is 160 g/mol.